The Kier molecular flexibility index (Phi) is 2.40. The molecule has 0 spiro atoms. The van der Waals surface area contributed by atoms with Crippen molar-refractivity contribution in [2.45, 2.75) is 58.5 Å². The minimum Gasteiger partial charge on any atom is -0.464 e. The summed E-state index contributed by atoms with van der Waals surface area (Å²) in [7, 11) is 0. The predicted molar refractivity (Wildman–Crippen MR) is 64.9 cm³/mol. The molecule has 1 saturated heterocycles. The molecule has 17 heavy (non-hydrogen) atoms. The fourth-order valence-electron chi connectivity index (χ4n) is 2.80. The second-order valence-corrected chi connectivity index (χ2v) is 6.04. The molecule has 94 valence electrons. The SMILES string of the molecule is C#CC1(O)C(C)=C2OC(C)(C)O[C@H]2CC1(C)C. The summed E-state index contributed by atoms with van der Waals surface area (Å²) in [4.78, 5) is 0. The van der Waals surface area contributed by atoms with Gasteiger partial charge in [-0.3, -0.25) is 0 Å². The first-order valence-electron chi connectivity index (χ1n) is 5.91. The van der Waals surface area contributed by atoms with Gasteiger partial charge in [-0.2, -0.15) is 0 Å². The molecule has 1 heterocycles. The Labute approximate surface area is 103 Å². The monoisotopic (exact) mass is 236 g/mol. The third kappa shape index (κ3) is 1.59. The number of hydrogen-bond donors (Lipinski definition) is 1. The van der Waals surface area contributed by atoms with Gasteiger partial charge in [0.15, 0.2) is 5.60 Å². The van der Waals surface area contributed by atoms with Gasteiger partial charge in [0.1, 0.15) is 11.9 Å². The van der Waals surface area contributed by atoms with Crippen LogP contribution >= 0.6 is 0 Å². The van der Waals surface area contributed by atoms with Crippen molar-refractivity contribution in [1.29, 1.82) is 0 Å². The summed E-state index contributed by atoms with van der Waals surface area (Å²) in [6.45, 7) is 9.48. The van der Waals surface area contributed by atoms with E-state index < -0.39 is 16.8 Å². The maximum Gasteiger partial charge on any atom is 0.205 e. The van der Waals surface area contributed by atoms with E-state index in [1.165, 1.54) is 0 Å². The Bertz CT molecular complexity index is 425. The molecule has 0 amide bonds. The van der Waals surface area contributed by atoms with Gasteiger partial charge >= 0.3 is 0 Å². The number of rotatable bonds is 0. The van der Waals surface area contributed by atoms with E-state index in [0.717, 1.165) is 0 Å². The maximum atomic E-state index is 10.7. The first-order chi connectivity index (χ1) is 7.63. The van der Waals surface area contributed by atoms with E-state index in [-0.39, 0.29) is 6.10 Å². The van der Waals surface area contributed by atoms with E-state index >= 15 is 0 Å². The highest BCUT2D eigenvalue weighted by molar-refractivity contribution is 5.39. The summed E-state index contributed by atoms with van der Waals surface area (Å²) in [6, 6.07) is 0. The fourth-order valence-corrected chi connectivity index (χ4v) is 2.80. The van der Waals surface area contributed by atoms with Crippen molar-refractivity contribution < 1.29 is 14.6 Å². The van der Waals surface area contributed by atoms with Gasteiger partial charge in [-0.15, -0.1) is 6.42 Å². The zero-order valence-electron chi connectivity index (χ0n) is 11.1. The van der Waals surface area contributed by atoms with Crippen LogP contribution in [0, 0.1) is 17.8 Å². The molecule has 1 aliphatic heterocycles. The van der Waals surface area contributed by atoms with Crippen LogP contribution in [0.1, 0.15) is 41.0 Å². The number of terminal acetylenes is 1. The molecule has 0 aromatic carbocycles. The normalized spacial score (nSPS) is 38.3. The largest absolute Gasteiger partial charge is 0.464 e. The molecule has 0 bridgehead atoms. The average Bonchev–Trinajstić information content (AvgIpc) is 2.49. The summed E-state index contributed by atoms with van der Waals surface area (Å²) < 4.78 is 11.6. The van der Waals surface area contributed by atoms with Crippen LogP contribution in [0.15, 0.2) is 11.3 Å². The number of ether oxygens (including phenoxy) is 2. The zero-order chi connectivity index (χ0) is 13.1. The highest BCUT2D eigenvalue weighted by atomic mass is 16.7. The zero-order valence-corrected chi connectivity index (χ0v) is 11.1. The fraction of sp³-hybridized carbons (Fsp3) is 0.714. The molecule has 1 fully saturated rings. The van der Waals surface area contributed by atoms with E-state index in [2.05, 4.69) is 5.92 Å². The van der Waals surface area contributed by atoms with Crippen molar-refractivity contribution in [3.8, 4) is 12.3 Å². The molecule has 0 radical (unpaired) electrons. The number of aliphatic hydroxyl groups is 1. The van der Waals surface area contributed by atoms with Crippen LogP contribution in [0.4, 0.5) is 0 Å². The van der Waals surface area contributed by atoms with E-state index in [9.17, 15) is 5.11 Å². The van der Waals surface area contributed by atoms with E-state index in [4.69, 9.17) is 15.9 Å². The van der Waals surface area contributed by atoms with Gasteiger partial charge in [-0.1, -0.05) is 19.8 Å². The molecular formula is C14H20O3. The summed E-state index contributed by atoms with van der Waals surface area (Å²) in [5.74, 6) is 2.58. The second kappa shape index (κ2) is 3.28. The molecule has 1 aliphatic carbocycles. The molecule has 2 rings (SSSR count). The van der Waals surface area contributed by atoms with Crippen molar-refractivity contribution in [3.05, 3.63) is 11.3 Å². The molecule has 2 aliphatic rings. The van der Waals surface area contributed by atoms with Gasteiger partial charge < -0.3 is 14.6 Å². The highest BCUT2D eigenvalue weighted by Gasteiger charge is 2.55. The van der Waals surface area contributed by atoms with Gasteiger partial charge in [0.05, 0.1) is 0 Å². The van der Waals surface area contributed by atoms with E-state index in [0.29, 0.717) is 17.8 Å². The van der Waals surface area contributed by atoms with Gasteiger partial charge in [0, 0.05) is 24.8 Å². The molecule has 0 saturated carbocycles. The summed E-state index contributed by atoms with van der Waals surface area (Å²) in [6.07, 6.45) is 6.08. The molecule has 2 atom stereocenters. The Morgan fingerprint density at radius 2 is 1.94 bits per heavy atom. The second-order valence-electron chi connectivity index (χ2n) is 6.04. The first-order valence-corrected chi connectivity index (χ1v) is 5.91. The van der Waals surface area contributed by atoms with Crippen LogP contribution in [0.5, 0.6) is 0 Å². The third-order valence-electron chi connectivity index (χ3n) is 3.87. The lowest BCUT2D eigenvalue weighted by atomic mass is 9.64. The van der Waals surface area contributed by atoms with E-state index in [1.807, 2.05) is 34.6 Å². The Morgan fingerprint density at radius 3 is 2.47 bits per heavy atom. The minimum atomic E-state index is -1.26. The van der Waals surface area contributed by atoms with Gasteiger partial charge in [0.25, 0.3) is 0 Å². The molecular weight excluding hydrogens is 216 g/mol. The predicted octanol–water partition coefficient (Wildman–Crippen LogP) is 2.21. The average molecular weight is 236 g/mol. The lowest BCUT2D eigenvalue weighted by Crippen LogP contribution is -2.50. The van der Waals surface area contributed by atoms with Gasteiger partial charge in [-0.25, -0.2) is 0 Å². The first kappa shape index (κ1) is 12.5. The smallest absolute Gasteiger partial charge is 0.205 e. The van der Waals surface area contributed by atoms with Crippen molar-refractivity contribution in [2.75, 3.05) is 0 Å². The Morgan fingerprint density at radius 1 is 1.35 bits per heavy atom. The van der Waals surface area contributed by atoms with Crippen molar-refractivity contribution in [3.63, 3.8) is 0 Å². The van der Waals surface area contributed by atoms with Crippen molar-refractivity contribution in [1.82, 2.24) is 0 Å². The van der Waals surface area contributed by atoms with Crippen molar-refractivity contribution >= 4 is 0 Å². The van der Waals surface area contributed by atoms with E-state index in [1.54, 1.807) is 0 Å². The molecule has 1 unspecified atom stereocenters. The van der Waals surface area contributed by atoms with Crippen LogP contribution in [0.2, 0.25) is 0 Å². The lowest BCUT2D eigenvalue weighted by molar-refractivity contribution is -0.138. The van der Waals surface area contributed by atoms with Gasteiger partial charge in [-0.05, 0) is 13.3 Å². The molecule has 3 heteroatoms. The molecule has 0 aromatic heterocycles. The standard InChI is InChI=1S/C14H20O3/c1-7-14(15)9(2)11-10(8-12(14,3)4)16-13(5,6)17-11/h1,10,15H,8H2,2-6H3/t10-,14?/m0/s1. The van der Waals surface area contributed by atoms with Crippen molar-refractivity contribution in [2.24, 2.45) is 5.41 Å². The molecule has 0 aromatic rings. The number of fused-ring (bicyclic) bond motifs is 1. The maximum absolute atomic E-state index is 10.7. The molecule has 3 nitrogen and oxygen atoms in total. The number of hydrogen-bond acceptors (Lipinski definition) is 3. The van der Waals surface area contributed by atoms with Crippen LogP contribution in [-0.4, -0.2) is 22.6 Å². The summed E-state index contributed by atoms with van der Waals surface area (Å²) in [5.41, 5.74) is -0.987. The summed E-state index contributed by atoms with van der Waals surface area (Å²) in [5, 5.41) is 10.7. The topological polar surface area (TPSA) is 38.7 Å². The Balaban J connectivity index is 2.54. The summed E-state index contributed by atoms with van der Waals surface area (Å²) >= 11 is 0. The Hall–Kier alpha value is -0.980. The van der Waals surface area contributed by atoms with Crippen LogP contribution in [0.25, 0.3) is 0 Å². The highest BCUT2D eigenvalue weighted by Crippen LogP contribution is 2.51. The minimum absolute atomic E-state index is 0.103. The lowest BCUT2D eigenvalue weighted by Gasteiger charge is -2.44. The van der Waals surface area contributed by atoms with Crippen LogP contribution in [-0.2, 0) is 9.47 Å². The van der Waals surface area contributed by atoms with Crippen LogP contribution < -0.4 is 0 Å². The molecule has 1 N–H and O–H groups in total. The third-order valence-corrected chi connectivity index (χ3v) is 3.87. The quantitative estimate of drug-likeness (QED) is 0.655. The van der Waals surface area contributed by atoms with Crippen LogP contribution in [0.3, 0.4) is 0 Å². The van der Waals surface area contributed by atoms with Gasteiger partial charge in [0.2, 0.25) is 5.79 Å².